The van der Waals surface area contributed by atoms with Gasteiger partial charge in [-0.05, 0) is 44.9 Å². The first kappa shape index (κ1) is 26.1. The summed E-state index contributed by atoms with van der Waals surface area (Å²) in [6.45, 7) is 2.13. The van der Waals surface area contributed by atoms with E-state index in [0.717, 1.165) is 32.1 Å². The summed E-state index contributed by atoms with van der Waals surface area (Å²) in [5, 5.41) is 8.36. The molecule has 0 heterocycles. The van der Waals surface area contributed by atoms with E-state index in [9.17, 15) is 14.4 Å². The number of aliphatic carboxylic acids is 1. The van der Waals surface area contributed by atoms with Gasteiger partial charge < -0.3 is 9.84 Å². The molecule has 0 fully saturated rings. The number of carboxylic acid groups (broad SMARTS) is 1. The summed E-state index contributed by atoms with van der Waals surface area (Å²) in [7, 11) is 0. The summed E-state index contributed by atoms with van der Waals surface area (Å²) in [6, 6.07) is 0. The minimum absolute atomic E-state index is 0.112. The number of ether oxygens (including phenoxy) is 1. The number of unbranched alkanes of at least 4 members (excludes halogenated alkanes) is 1. The minimum Gasteiger partial charge on any atom is -0.478 e. The van der Waals surface area contributed by atoms with Crippen molar-refractivity contribution in [2.45, 2.75) is 58.3 Å². The number of rotatable bonds is 15. The summed E-state index contributed by atoms with van der Waals surface area (Å²) in [5.41, 5.74) is 0. The summed E-state index contributed by atoms with van der Waals surface area (Å²) in [6.07, 6.45) is 28.7. The lowest BCUT2D eigenvalue weighted by atomic mass is 10.2. The first-order chi connectivity index (χ1) is 14.1. The van der Waals surface area contributed by atoms with E-state index in [1.807, 2.05) is 12.2 Å². The van der Waals surface area contributed by atoms with Crippen molar-refractivity contribution in [2.24, 2.45) is 0 Å². The van der Waals surface area contributed by atoms with Crippen LogP contribution in [0.15, 0.2) is 72.9 Å². The van der Waals surface area contributed by atoms with E-state index in [2.05, 4.69) is 60.3 Å². The van der Waals surface area contributed by atoms with Crippen molar-refractivity contribution in [2.75, 3.05) is 0 Å². The molecule has 5 nitrogen and oxygen atoms in total. The molecule has 5 heteroatoms. The second kappa shape index (κ2) is 19.8. The fraction of sp³-hybridized carbons (Fsp3) is 0.375. The number of allylic oxidation sites excluding steroid dienone is 10. The maximum Gasteiger partial charge on any atom is 0.338 e. The highest BCUT2D eigenvalue weighted by atomic mass is 16.6. The van der Waals surface area contributed by atoms with Crippen LogP contribution in [0.25, 0.3) is 0 Å². The Morgan fingerprint density at radius 2 is 1.21 bits per heavy atom. The van der Waals surface area contributed by atoms with Gasteiger partial charge >= 0.3 is 17.9 Å². The predicted octanol–water partition coefficient (Wildman–Crippen LogP) is 5.62. The van der Waals surface area contributed by atoms with E-state index in [4.69, 9.17) is 5.11 Å². The molecule has 0 aliphatic heterocycles. The standard InChI is InChI=1S/C24H32O5/c1-2-3-4-5-6-7-8-9-10-11-12-13-14-15-16-17-18-19-23(27)29-24(28)21-20-22(25)26/h3-4,6-7,9-10,12-13,15-16,20-21H,2,5,8,11,14,17-19H2,1H3,(H,25,26). The fourth-order valence-electron chi connectivity index (χ4n) is 2.07. The third-order valence-corrected chi connectivity index (χ3v) is 3.49. The average Bonchev–Trinajstić information content (AvgIpc) is 2.68. The van der Waals surface area contributed by atoms with Crippen LogP contribution < -0.4 is 0 Å². The molecule has 0 amide bonds. The van der Waals surface area contributed by atoms with Crippen molar-refractivity contribution in [3.63, 3.8) is 0 Å². The molecular formula is C24H32O5. The Hall–Kier alpha value is -2.95. The van der Waals surface area contributed by atoms with Crippen LogP contribution in [0.3, 0.4) is 0 Å². The lowest BCUT2D eigenvalue weighted by Gasteiger charge is -1.98. The molecule has 1 N–H and O–H groups in total. The zero-order valence-electron chi connectivity index (χ0n) is 17.2. The molecule has 0 aromatic carbocycles. The molecule has 0 aliphatic carbocycles. The molecule has 0 aliphatic rings. The van der Waals surface area contributed by atoms with Crippen molar-refractivity contribution >= 4 is 17.9 Å². The molecule has 0 aromatic heterocycles. The zero-order valence-corrected chi connectivity index (χ0v) is 17.2. The van der Waals surface area contributed by atoms with Gasteiger partial charge in [-0.3, -0.25) is 4.79 Å². The summed E-state index contributed by atoms with van der Waals surface area (Å²) in [5.74, 6) is -2.89. The van der Waals surface area contributed by atoms with Crippen LogP contribution in [0.5, 0.6) is 0 Å². The number of carbonyl (C=O) groups excluding carboxylic acids is 2. The Morgan fingerprint density at radius 3 is 1.69 bits per heavy atom. The Morgan fingerprint density at radius 1 is 0.724 bits per heavy atom. The van der Waals surface area contributed by atoms with Gasteiger partial charge in [-0.15, -0.1) is 0 Å². The smallest absolute Gasteiger partial charge is 0.338 e. The van der Waals surface area contributed by atoms with Gasteiger partial charge in [0.1, 0.15) is 0 Å². The quantitative estimate of drug-likeness (QED) is 0.127. The Balaban J connectivity index is 3.67. The number of hydrogen-bond acceptors (Lipinski definition) is 4. The van der Waals surface area contributed by atoms with E-state index in [0.29, 0.717) is 25.0 Å². The SMILES string of the molecule is CCC=CCC=CCC=CCC=CCC=CCCCC(=O)OC(=O)C=CC(=O)O. The predicted molar refractivity (Wildman–Crippen MR) is 116 cm³/mol. The minimum atomic E-state index is -1.27. The van der Waals surface area contributed by atoms with Gasteiger partial charge in [0.25, 0.3) is 0 Å². The second-order valence-corrected chi connectivity index (χ2v) is 6.06. The van der Waals surface area contributed by atoms with Crippen LogP contribution in [-0.2, 0) is 19.1 Å². The van der Waals surface area contributed by atoms with Gasteiger partial charge in [-0.25, -0.2) is 9.59 Å². The van der Waals surface area contributed by atoms with Crippen molar-refractivity contribution in [1.82, 2.24) is 0 Å². The highest BCUT2D eigenvalue weighted by molar-refractivity contribution is 5.95. The van der Waals surface area contributed by atoms with Crippen LogP contribution in [0.4, 0.5) is 0 Å². The van der Waals surface area contributed by atoms with Crippen LogP contribution in [-0.4, -0.2) is 23.0 Å². The molecule has 0 atom stereocenters. The maximum absolute atomic E-state index is 11.4. The topological polar surface area (TPSA) is 80.7 Å². The van der Waals surface area contributed by atoms with Crippen LogP contribution in [0.1, 0.15) is 58.3 Å². The first-order valence-corrected chi connectivity index (χ1v) is 9.96. The average molecular weight is 401 g/mol. The molecule has 0 spiro atoms. The molecule has 0 unspecified atom stereocenters. The number of esters is 2. The summed E-state index contributed by atoms with van der Waals surface area (Å²) >= 11 is 0. The number of carbonyl (C=O) groups is 3. The lowest BCUT2D eigenvalue weighted by molar-refractivity contribution is -0.156. The summed E-state index contributed by atoms with van der Waals surface area (Å²) < 4.78 is 4.45. The van der Waals surface area contributed by atoms with Gasteiger partial charge in [0.15, 0.2) is 0 Å². The molecule has 158 valence electrons. The monoisotopic (exact) mass is 400 g/mol. The molecule has 0 radical (unpaired) electrons. The molecule has 0 saturated heterocycles. The molecule has 29 heavy (non-hydrogen) atoms. The molecule has 0 saturated carbocycles. The summed E-state index contributed by atoms with van der Waals surface area (Å²) in [4.78, 5) is 32.7. The van der Waals surface area contributed by atoms with Gasteiger partial charge in [0, 0.05) is 18.6 Å². The van der Waals surface area contributed by atoms with E-state index in [-0.39, 0.29) is 6.42 Å². The van der Waals surface area contributed by atoms with Gasteiger partial charge in [-0.2, -0.15) is 0 Å². The van der Waals surface area contributed by atoms with E-state index in [1.165, 1.54) is 0 Å². The lowest BCUT2D eigenvalue weighted by Crippen LogP contribution is -2.10. The number of hydrogen-bond donors (Lipinski definition) is 1. The maximum atomic E-state index is 11.4. The zero-order chi connectivity index (χ0) is 21.6. The van der Waals surface area contributed by atoms with Gasteiger partial charge in [0.2, 0.25) is 0 Å². The molecule has 0 bridgehead atoms. The highest BCUT2D eigenvalue weighted by Gasteiger charge is 2.07. The normalized spacial score (nSPS) is 12.4. The Kier molecular flexibility index (Phi) is 17.8. The third-order valence-electron chi connectivity index (χ3n) is 3.49. The van der Waals surface area contributed by atoms with E-state index < -0.39 is 17.9 Å². The largest absolute Gasteiger partial charge is 0.478 e. The first-order valence-electron chi connectivity index (χ1n) is 9.96. The van der Waals surface area contributed by atoms with Crippen LogP contribution in [0, 0.1) is 0 Å². The molecule has 0 rings (SSSR count). The Bertz CT molecular complexity index is 648. The highest BCUT2D eigenvalue weighted by Crippen LogP contribution is 2.01. The van der Waals surface area contributed by atoms with Crippen LogP contribution >= 0.6 is 0 Å². The van der Waals surface area contributed by atoms with Gasteiger partial charge in [-0.1, -0.05) is 67.7 Å². The number of carboxylic acids is 1. The van der Waals surface area contributed by atoms with Crippen LogP contribution in [0.2, 0.25) is 0 Å². The van der Waals surface area contributed by atoms with Gasteiger partial charge in [0.05, 0.1) is 0 Å². The van der Waals surface area contributed by atoms with E-state index in [1.54, 1.807) is 0 Å². The van der Waals surface area contributed by atoms with Crippen molar-refractivity contribution in [3.05, 3.63) is 72.9 Å². The van der Waals surface area contributed by atoms with Crippen molar-refractivity contribution < 1.29 is 24.2 Å². The molecular weight excluding hydrogens is 368 g/mol. The van der Waals surface area contributed by atoms with E-state index >= 15 is 0 Å². The Labute approximate surface area is 173 Å². The second-order valence-electron chi connectivity index (χ2n) is 6.06. The molecule has 0 aromatic rings. The third kappa shape index (κ3) is 21.2. The van der Waals surface area contributed by atoms with Crippen molar-refractivity contribution in [1.29, 1.82) is 0 Å². The van der Waals surface area contributed by atoms with Crippen molar-refractivity contribution in [3.8, 4) is 0 Å². The fourth-order valence-corrected chi connectivity index (χ4v) is 2.07.